The van der Waals surface area contributed by atoms with E-state index in [0.717, 1.165) is 6.26 Å². The van der Waals surface area contributed by atoms with Gasteiger partial charge in [0.05, 0.1) is 12.1 Å². The number of amides is 3. The van der Waals surface area contributed by atoms with Crippen molar-refractivity contribution in [3.8, 4) is 11.5 Å². The number of aryl methyl sites for hydroxylation is 1. The van der Waals surface area contributed by atoms with E-state index in [2.05, 4.69) is 31.0 Å². The molecular weight excluding hydrogens is 509 g/mol. The molecule has 3 N–H and O–H groups in total. The predicted molar refractivity (Wildman–Crippen MR) is 128 cm³/mol. The topological polar surface area (TPSA) is 147 Å². The first-order valence-electron chi connectivity index (χ1n) is 11.5. The van der Waals surface area contributed by atoms with Crippen LogP contribution in [0.1, 0.15) is 42.4 Å². The summed E-state index contributed by atoms with van der Waals surface area (Å²) in [6.07, 6.45) is -0.167. The van der Waals surface area contributed by atoms with Crippen LogP contribution in [0.5, 0.6) is 0 Å². The van der Waals surface area contributed by atoms with Gasteiger partial charge in [-0.2, -0.15) is 18.3 Å². The first kappa shape index (κ1) is 26.6. The summed E-state index contributed by atoms with van der Waals surface area (Å²) in [5, 5.41) is 12.1. The van der Waals surface area contributed by atoms with E-state index in [4.69, 9.17) is 4.42 Å². The van der Waals surface area contributed by atoms with Crippen LogP contribution in [-0.2, 0) is 16.6 Å². The maximum atomic E-state index is 12.9. The molecule has 0 aliphatic carbocycles. The van der Waals surface area contributed by atoms with E-state index >= 15 is 0 Å². The van der Waals surface area contributed by atoms with Crippen LogP contribution < -0.4 is 20.9 Å². The molecule has 1 fully saturated rings. The third-order valence-electron chi connectivity index (χ3n) is 5.65. The Kier molecular flexibility index (Phi) is 7.37. The van der Waals surface area contributed by atoms with Crippen molar-refractivity contribution in [1.82, 2.24) is 30.4 Å². The summed E-state index contributed by atoms with van der Waals surface area (Å²) in [5.41, 5.74) is 0.852. The summed E-state index contributed by atoms with van der Waals surface area (Å²) >= 11 is 0. The molecule has 3 aromatic heterocycles. The molecule has 0 bridgehead atoms. The van der Waals surface area contributed by atoms with Crippen LogP contribution in [-0.4, -0.2) is 62.8 Å². The Balaban J connectivity index is 1.45. The minimum absolute atomic E-state index is 0.0222. The molecule has 38 heavy (non-hydrogen) atoms. The van der Waals surface area contributed by atoms with Crippen LogP contribution in [0.2, 0.25) is 0 Å². The molecule has 0 saturated carbocycles. The number of carbonyl (C=O) groups excluding carboxylic acids is 3. The van der Waals surface area contributed by atoms with E-state index in [9.17, 15) is 27.6 Å². The Labute approximate surface area is 214 Å². The van der Waals surface area contributed by atoms with Gasteiger partial charge in [0.15, 0.2) is 11.5 Å². The van der Waals surface area contributed by atoms with Crippen LogP contribution in [0.25, 0.3) is 11.5 Å². The zero-order valence-corrected chi connectivity index (χ0v) is 20.7. The number of rotatable bonds is 8. The number of pyridine rings is 1. The third kappa shape index (κ3) is 6.27. The number of halogens is 3. The highest BCUT2D eigenvalue weighted by Crippen LogP contribution is 2.29. The molecule has 2 atom stereocenters. The first-order chi connectivity index (χ1) is 17.9. The lowest BCUT2D eigenvalue weighted by atomic mass is 10.1. The van der Waals surface area contributed by atoms with Gasteiger partial charge in [0.1, 0.15) is 18.6 Å². The number of aromatic nitrogens is 4. The summed E-state index contributed by atoms with van der Waals surface area (Å²) in [6.45, 7) is 2.09. The number of hydrogen-bond acceptors (Lipinski definition) is 8. The van der Waals surface area contributed by atoms with E-state index in [-0.39, 0.29) is 48.2 Å². The second kappa shape index (κ2) is 10.5. The second-order valence-electron chi connectivity index (χ2n) is 8.82. The van der Waals surface area contributed by atoms with Crippen molar-refractivity contribution in [3.63, 3.8) is 0 Å². The van der Waals surface area contributed by atoms with Crippen molar-refractivity contribution in [2.24, 2.45) is 7.05 Å². The second-order valence-corrected chi connectivity index (χ2v) is 8.82. The Bertz CT molecular complexity index is 1350. The fraction of sp³-hybridized carbons (Fsp3) is 0.391. The van der Waals surface area contributed by atoms with Crippen LogP contribution in [0.4, 0.5) is 24.8 Å². The van der Waals surface area contributed by atoms with Crippen molar-refractivity contribution >= 4 is 29.4 Å². The normalized spacial score (nSPS) is 16.4. The molecule has 1 aliphatic rings. The van der Waals surface area contributed by atoms with Crippen molar-refractivity contribution in [3.05, 3.63) is 42.0 Å². The molecule has 0 spiro atoms. The number of oxazole rings is 1. The maximum Gasteiger partial charge on any atom is 0.405 e. The van der Waals surface area contributed by atoms with E-state index in [1.165, 1.54) is 34.8 Å². The monoisotopic (exact) mass is 534 g/mol. The van der Waals surface area contributed by atoms with Gasteiger partial charge < -0.3 is 20.4 Å². The molecule has 0 radical (unpaired) electrons. The number of nitrogens with one attached hydrogen (secondary N) is 3. The van der Waals surface area contributed by atoms with Gasteiger partial charge in [-0.1, -0.05) is 0 Å². The standard InChI is InChI=1S/C23H25F3N8O4/c1-12(16-9-33(3)32-20(16)34-8-15(7-19(34)36)30-13(2)35)29-21(37)17-10-38-22(31-17)14-4-5-27-18(6-14)28-11-23(24,25)26/h4-6,9-10,12,15H,7-8,11H2,1-3H3,(H,27,28)(H,29,37)(H,30,35)/t12-,15+/m1/s1. The largest absolute Gasteiger partial charge is 0.444 e. The Hall–Kier alpha value is -4.43. The van der Waals surface area contributed by atoms with Gasteiger partial charge in [-0.15, -0.1) is 0 Å². The van der Waals surface area contributed by atoms with Gasteiger partial charge in [0.25, 0.3) is 5.91 Å². The molecule has 15 heteroatoms. The lowest BCUT2D eigenvalue weighted by Gasteiger charge is -2.19. The van der Waals surface area contributed by atoms with Crippen molar-refractivity contribution in [2.75, 3.05) is 23.3 Å². The summed E-state index contributed by atoms with van der Waals surface area (Å²) in [5.74, 6) is -0.651. The van der Waals surface area contributed by atoms with E-state index in [1.807, 2.05) is 0 Å². The highest BCUT2D eigenvalue weighted by atomic mass is 19.4. The maximum absolute atomic E-state index is 12.9. The highest BCUT2D eigenvalue weighted by Gasteiger charge is 2.35. The minimum atomic E-state index is -4.41. The number of hydrogen-bond donors (Lipinski definition) is 3. The molecule has 4 rings (SSSR count). The Morgan fingerprint density at radius 3 is 2.79 bits per heavy atom. The average Bonchev–Trinajstić information content (AvgIpc) is 3.55. The minimum Gasteiger partial charge on any atom is -0.444 e. The predicted octanol–water partition coefficient (Wildman–Crippen LogP) is 2.18. The zero-order valence-electron chi connectivity index (χ0n) is 20.7. The van der Waals surface area contributed by atoms with Gasteiger partial charge in [-0.3, -0.25) is 24.0 Å². The fourth-order valence-electron chi connectivity index (χ4n) is 4.02. The number of anilines is 2. The van der Waals surface area contributed by atoms with Crippen molar-refractivity contribution < 1.29 is 32.0 Å². The molecule has 12 nitrogen and oxygen atoms in total. The van der Waals surface area contributed by atoms with E-state index in [0.29, 0.717) is 16.9 Å². The lowest BCUT2D eigenvalue weighted by Crippen LogP contribution is -2.36. The van der Waals surface area contributed by atoms with Crippen LogP contribution >= 0.6 is 0 Å². The summed E-state index contributed by atoms with van der Waals surface area (Å²) in [7, 11) is 1.68. The molecule has 3 amide bonds. The van der Waals surface area contributed by atoms with Crippen LogP contribution in [0, 0.1) is 0 Å². The summed E-state index contributed by atoms with van der Waals surface area (Å²) in [4.78, 5) is 46.3. The Morgan fingerprint density at radius 2 is 2.08 bits per heavy atom. The zero-order chi connectivity index (χ0) is 27.6. The molecule has 3 aromatic rings. The summed E-state index contributed by atoms with van der Waals surface area (Å²) in [6, 6.07) is 1.88. The molecule has 202 valence electrons. The number of carbonyl (C=O) groups is 3. The van der Waals surface area contributed by atoms with Crippen LogP contribution in [0.3, 0.4) is 0 Å². The van der Waals surface area contributed by atoms with E-state index < -0.39 is 24.7 Å². The fourth-order valence-corrected chi connectivity index (χ4v) is 4.02. The smallest absolute Gasteiger partial charge is 0.405 e. The van der Waals surface area contributed by atoms with E-state index in [1.54, 1.807) is 20.2 Å². The highest BCUT2D eigenvalue weighted by molar-refractivity contribution is 5.97. The molecule has 1 aliphatic heterocycles. The lowest BCUT2D eigenvalue weighted by molar-refractivity contribution is -0.120. The van der Waals surface area contributed by atoms with Gasteiger partial charge in [0.2, 0.25) is 17.7 Å². The quantitative estimate of drug-likeness (QED) is 0.399. The number of nitrogens with zero attached hydrogens (tertiary/aromatic N) is 5. The van der Waals surface area contributed by atoms with Crippen LogP contribution in [0.15, 0.2) is 35.2 Å². The SMILES string of the molecule is CC(=O)N[C@H]1CC(=O)N(c2nn(C)cc2[C@@H](C)NC(=O)c2coc(-c3ccnc(NCC(F)(F)F)c3)n2)C1. The molecule has 1 saturated heterocycles. The third-order valence-corrected chi connectivity index (χ3v) is 5.65. The molecule has 0 unspecified atom stereocenters. The average molecular weight is 534 g/mol. The van der Waals surface area contributed by atoms with Gasteiger partial charge in [-0.25, -0.2) is 9.97 Å². The molecular formula is C23H25F3N8O4. The number of alkyl halides is 3. The summed E-state index contributed by atoms with van der Waals surface area (Å²) < 4.78 is 44.3. The van der Waals surface area contributed by atoms with Crippen molar-refractivity contribution in [1.29, 1.82) is 0 Å². The van der Waals surface area contributed by atoms with Gasteiger partial charge in [-0.05, 0) is 19.1 Å². The van der Waals surface area contributed by atoms with Crippen molar-refractivity contribution in [2.45, 2.75) is 38.5 Å². The first-order valence-corrected chi connectivity index (χ1v) is 11.5. The van der Waals surface area contributed by atoms with Gasteiger partial charge in [0, 0.05) is 50.5 Å². The molecule has 4 heterocycles. The Morgan fingerprint density at radius 1 is 1.32 bits per heavy atom. The van der Waals surface area contributed by atoms with Gasteiger partial charge >= 0.3 is 6.18 Å². The molecule has 0 aromatic carbocycles.